The van der Waals surface area contributed by atoms with Crippen LogP contribution in [0.1, 0.15) is 12.8 Å². The maximum atomic E-state index is 11.9. The first-order valence-corrected chi connectivity index (χ1v) is 6.52. The van der Waals surface area contributed by atoms with Gasteiger partial charge in [-0.15, -0.1) is 0 Å². The Morgan fingerprint density at radius 3 is 2.42 bits per heavy atom. The van der Waals surface area contributed by atoms with Crippen molar-refractivity contribution in [3.8, 4) is 0 Å². The lowest BCUT2D eigenvalue weighted by Gasteiger charge is -2.34. The Hall–Kier alpha value is -1.88. The number of hydrogen-bond acceptors (Lipinski definition) is 4. The predicted molar refractivity (Wildman–Crippen MR) is 69.9 cm³/mol. The first-order valence-electron chi connectivity index (χ1n) is 6.52. The summed E-state index contributed by atoms with van der Waals surface area (Å²) < 4.78 is 5.17. The smallest absolute Gasteiger partial charge is 0.415 e. The van der Waals surface area contributed by atoms with E-state index in [1.807, 2.05) is 30.3 Å². The fourth-order valence-corrected chi connectivity index (χ4v) is 2.62. The molecule has 0 saturated carbocycles. The number of nitrogens with zero attached hydrogens (tertiary/aromatic N) is 2. The molecule has 100 valence electrons. The summed E-state index contributed by atoms with van der Waals surface area (Å²) in [5.41, 5.74) is 0.840. The minimum absolute atomic E-state index is 0.0944. The molecule has 2 aliphatic heterocycles. The SMILES string of the molecule is O=C1CCN(C2COC(=O)N2c2ccccc2)CC1. The minimum atomic E-state index is -0.312. The number of benzene rings is 1. The number of hydrogen-bond donors (Lipinski definition) is 0. The van der Waals surface area contributed by atoms with Gasteiger partial charge in [0.25, 0.3) is 0 Å². The third kappa shape index (κ3) is 2.33. The quantitative estimate of drug-likeness (QED) is 0.811. The molecule has 0 aromatic heterocycles. The van der Waals surface area contributed by atoms with E-state index in [0.717, 1.165) is 5.69 Å². The summed E-state index contributed by atoms with van der Waals surface area (Å²) in [5.74, 6) is 0.299. The zero-order valence-corrected chi connectivity index (χ0v) is 10.6. The molecule has 0 bridgehead atoms. The van der Waals surface area contributed by atoms with Crippen molar-refractivity contribution >= 4 is 17.6 Å². The van der Waals surface area contributed by atoms with Crippen LogP contribution >= 0.6 is 0 Å². The second kappa shape index (κ2) is 5.01. The molecule has 1 aromatic rings. The van der Waals surface area contributed by atoms with Crippen molar-refractivity contribution in [1.82, 2.24) is 4.90 Å². The van der Waals surface area contributed by atoms with Crippen LogP contribution in [0.5, 0.6) is 0 Å². The predicted octanol–water partition coefficient (Wildman–Crippen LogP) is 1.63. The lowest BCUT2D eigenvalue weighted by Crippen LogP contribution is -2.50. The van der Waals surface area contributed by atoms with E-state index in [-0.39, 0.29) is 12.3 Å². The standard InChI is InChI=1S/C14H16N2O3/c17-12-6-8-15(9-7-12)13-10-19-14(18)16(13)11-4-2-1-3-5-11/h1-5,13H,6-10H2. The van der Waals surface area contributed by atoms with Gasteiger partial charge in [-0.05, 0) is 12.1 Å². The number of ether oxygens (including phenoxy) is 1. The molecule has 3 rings (SSSR count). The van der Waals surface area contributed by atoms with E-state index in [1.165, 1.54) is 0 Å². The number of rotatable bonds is 2. The molecule has 5 nitrogen and oxygen atoms in total. The molecule has 2 aliphatic rings. The maximum Gasteiger partial charge on any atom is 0.415 e. The van der Waals surface area contributed by atoms with Gasteiger partial charge in [-0.3, -0.25) is 14.6 Å². The van der Waals surface area contributed by atoms with Crippen molar-refractivity contribution < 1.29 is 14.3 Å². The number of carbonyl (C=O) groups excluding carboxylic acids is 2. The largest absolute Gasteiger partial charge is 0.445 e. The Balaban J connectivity index is 1.81. The minimum Gasteiger partial charge on any atom is -0.445 e. The third-order valence-electron chi connectivity index (χ3n) is 3.66. The van der Waals surface area contributed by atoms with Crippen LogP contribution in [0.4, 0.5) is 10.5 Å². The second-order valence-corrected chi connectivity index (χ2v) is 4.84. The number of piperidine rings is 1. The van der Waals surface area contributed by atoms with Crippen LogP contribution in [0.3, 0.4) is 0 Å². The highest BCUT2D eigenvalue weighted by Gasteiger charge is 2.39. The van der Waals surface area contributed by atoms with Gasteiger partial charge in [0.2, 0.25) is 0 Å². The van der Waals surface area contributed by atoms with Crippen LogP contribution in [0, 0.1) is 0 Å². The molecule has 1 unspecified atom stereocenters. The summed E-state index contributed by atoms with van der Waals surface area (Å²) >= 11 is 0. The van der Waals surface area contributed by atoms with Crippen LogP contribution in [-0.4, -0.2) is 42.6 Å². The van der Waals surface area contributed by atoms with E-state index in [0.29, 0.717) is 38.3 Å². The number of ketones is 1. The van der Waals surface area contributed by atoms with E-state index in [1.54, 1.807) is 4.90 Å². The Bertz CT molecular complexity index is 479. The first-order chi connectivity index (χ1) is 9.25. The number of Topliss-reactive ketones (excluding diaryl/α,β-unsaturated/α-hetero) is 1. The number of likely N-dealkylation sites (tertiary alicyclic amines) is 1. The first kappa shape index (κ1) is 12.2. The normalized spacial score (nSPS) is 24.6. The van der Waals surface area contributed by atoms with Gasteiger partial charge in [-0.2, -0.15) is 0 Å². The molecular weight excluding hydrogens is 244 g/mol. The van der Waals surface area contributed by atoms with Gasteiger partial charge in [0.05, 0.1) is 0 Å². The Morgan fingerprint density at radius 1 is 1.05 bits per heavy atom. The fourth-order valence-electron chi connectivity index (χ4n) is 2.62. The molecule has 0 N–H and O–H groups in total. The van der Waals surface area contributed by atoms with Gasteiger partial charge in [0.1, 0.15) is 18.6 Å². The molecule has 1 amide bonds. The lowest BCUT2D eigenvalue weighted by atomic mass is 10.1. The average Bonchev–Trinajstić information content (AvgIpc) is 2.82. The van der Waals surface area contributed by atoms with Gasteiger partial charge >= 0.3 is 6.09 Å². The van der Waals surface area contributed by atoms with E-state index >= 15 is 0 Å². The topological polar surface area (TPSA) is 49.9 Å². The van der Waals surface area contributed by atoms with Gasteiger partial charge < -0.3 is 4.74 Å². The summed E-state index contributed by atoms with van der Waals surface area (Å²) in [4.78, 5) is 27.0. The summed E-state index contributed by atoms with van der Waals surface area (Å²) in [7, 11) is 0. The van der Waals surface area contributed by atoms with Crippen LogP contribution < -0.4 is 4.90 Å². The fraction of sp³-hybridized carbons (Fsp3) is 0.429. The molecule has 0 aliphatic carbocycles. The molecule has 19 heavy (non-hydrogen) atoms. The molecule has 2 fully saturated rings. The molecule has 2 heterocycles. The summed E-state index contributed by atoms with van der Waals surface area (Å²) in [6.07, 6.45) is 0.719. The van der Waals surface area contributed by atoms with Crippen molar-refractivity contribution in [1.29, 1.82) is 0 Å². The van der Waals surface area contributed by atoms with Crippen LogP contribution in [0.25, 0.3) is 0 Å². The van der Waals surface area contributed by atoms with E-state index in [4.69, 9.17) is 4.74 Å². The third-order valence-corrected chi connectivity index (χ3v) is 3.66. The van der Waals surface area contributed by atoms with Gasteiger partial charge in [0, 0.05) is 31.6 Å². The molecule has 5 heteroatoms. The van der Waals surface area contributed by atoms with E-state index in [9.17, 15) is 9.59 Å². The molecular formula is C14H16N2O3. The molecule has 0 spiro atoms. The van der Waals surface area contributed by atoms with Gasteiger partial charge in [0.15, 0.2) is 0 Å². The zero-order valence-electron chi connectivity index (χ0n) is 10.6. The number of amides is 1. The van der Waals surface area contributed by atoms with Gasteiger partial charge in [-0.25, -0.2) is 4.79 Å². The maximum absolute atomic E-state index is 11.9. The van der Waals surface area contributed by atoms with Crippen LogP contribution in [-0.2, 0) is 9.53 Å². The lowest BCUT2D eigenvalue weighted by molar-refractivity contribution is -0.121. The zero-order chi connectivity index (χ0) is 13.2. The molecule has 1 atom stereocenters. The average molecular weight is 260 g/mol. The molecule has 0 radical (unpaired) electrons. The molecule has 2 saturated heterocycles. The van der Waals surface area contributed by atoms with E-state index in [2.05, 4.69) is 4.90 Å². The van der Waals surface area contributed by atoms with Crippen molar-refractivity contribution in [3.05, 3.63) is 30.3 Å². The Morgan fingerprint density at radius 2 is 1.74 bits per heavy atom. The Labute approximate surface area is 111 Å². The van der Waals surface area contributed by atoms with Crippen molar-refractivity contribution in [2.24, 2.45) is 0 Å². The van der Waals surface area contributed by atoms with Crippen LogP contribution in [0.15, 0.2) is 30.3 Å². The molecule has 1 aromatic carbocycles. The highest BCUT2D eigenvalue weighted by atomic mass is 16.6. The highest BCUT2D eigenvalue weighted by molar-refractivity contribution is 5.90. The van der Waals surface area contributed by atoms with Crippen molar-refractivity contribution in [2.75, 3.05) is 24.6 Å². The van der Waals surface area contributed by atoms with Crippen molar-refractivity contribution in [3.63, 3.8) is 0 Å². The van der Waals surface area contributed by atoms with E-state index < -0.39 is 0 Å². The van der Waals surface area contributed by atoms with Crippen LogP contribution in [0.2, 0.25) is 0 Å². The summed E-state index contributed by atoms with van der Waals surface area (Å²) in [5, 5.41) is 0. The summed E-state index contributed by atoms with van der Waals surface area (Å²) in [6.45, 7) is 1.76. The number of carbonyl (C=O) groups is 2. The number of anilines is 1. The Kier molecular flexibility index (Phi) is 3.21. The number of cyclic esters (lactones) is 1. The second-order valence-electron chi connectivity index (χ2n) is 4.84. The van der Waals surface area contributed by atoms with Gasteiger partial charge in [-0.1, -0.05) is 18.2 Å². The monoisotopic (exact) mass is 260 g/mol. The number of para-hydroxylation sites is 1. The summed E-state index contributed by atoms with van der Waals surface area (Å²) in [6, 6.07) is 9.51. The highest BCUT2D eigenvalue weighted by Crippen LogP contribution is 2.26. The van der Waals surface area contributed by atoms with Crippen molar-refractivity contribution in [2.45, 2.75) is 19.0 Å².